The van der Waals surface area contributed by atoms with Gasteiger partial charge in [-0.05, 0) is 60.3 Å². The number of benzene rings is 2. The van der Waals surface area contributed by atoms with Crippen LogP contribution in [0.2, 0.25) is 0 Å². The van der Waals surface area contributed by atoms with Crippen LogP contribution in [-0.4, -0.2) is 46.3 Å². The highest BCUT2D eigenvalue weighted by molar-refractivity contribution is 5.91. The molecule has 168 valence electrons. The largest absolute Gasteiger partial charge is 0.459 e. The number of nitrogens with zero attached hydrogens (tertiary/aromatic N) is 3. The van der Waals surface area contributed by atoms with Gasteiger partial charge >= 0.3 is 0 Å². The molecule has 2 aromatic heterocycles. The van der Waals surface area contributed by atoms with Crippen LogP contribution in [0.15, 0.2) is 71.3 Å². The number of aryl methyl sites for hydroxylation is 1. The second-order valence-corrected chi connectivity index (χ2v) is 9.37. The van der Waals surface area contributed by atoms with E-state index < -0.39 is 0 Å². The number of nitrogens with one attached hydrogen (secondary N) is 1. The molecule has 4 atom stereocenters. The van der Waals surface area contributed by atoms with Crippen LogP contribution in [-0.2, 0) is 7.05 Å². The van der Waals surface area contributed by atoms with Gasteiger partial charge in [0.05, 0.1) is 12.0 Å². The summed E-state index contributed by atoms with van der Waals surface area (Å²) in [5, 5.41) is 10.4. The Balaban J connectivity index is 1.18. The molecule has 5 heterocycles. The van der Waals surface area contributed by atoms with Crippen molar-refractivity contribution in [3.63, 3.8) is 0 Å². The molecule has 3 aliphatic rings. The Kier molecular flexibility index (Phi) is 5.03. The first-order chi connectivity index (χ1) is 16.2. The lowest BCUT2D eigenvalue weighted by Crippen LogP contribution is -2.56. The van der Waals surface area contributed by atoms with Crippen LogP contribution < -0.4 is 5.32 Å². The molecule has 6 heteroatoms. The molecule has 0 radical (unpaired) electrons. The molecule has 1 unspecified atom stereocenters. The monoisotopic (exact) mass is 440 g/mol. The van der Waals surface area contributed by atoms with E-state index in [2.05, 4.69) is 70.5 Å². The fraction of sp³-hybridized carbons (Fsp3) is 0.333. The van der Waals surface area contributed by atoms with E-state index in [1.54, 1.807) is 12.1 Å². The third-order valence-corrected chi connectivity index (χ3v) is 7.46. The molecule has 4 aromatic rings. The lowest BCUT2D eigenvalue weighted by atomic mass is 9.74. The summed E-state index contributed by atoms with van der Waals surface area (Å²) in [5.74, 6) is 1.33. The molecule has 6 nitrogen and oxygen atoms in total. The first kappa shape index (κ1) is 20.2. The third-order valence-electron chi connectivity index (χ3n) is 7.46. The summed E-state index contributed by atoms with van der Waals surface area (Å²) < 4.78 is 7.29. The highest BCUT2D eigenvalue weighted by Crippen LogP contribution is 2.42. The predicted molar refractivity (Wildman–Crippen MR) is 128 cm³/mol. The van der Waals surface area contributed by atoms with Crippen LogP contribution in [0, 0.1) is 5.92 Å². The van der Waals surface area contributed by atoms with Gasteiger partial charge in [-0.2, -0.15) is 5.10 Å². The molecule has 0 aliphatic carbocycles. The van der Waals surface area contributed by atoms with Crippen molar-refractivity contribution in [1.82, 2.24) is 20.0 Å². The Morgan fingerprint density at radius 2 is 2.00 bits per heavy atom. The van der Waals surface area contributed by atoms with E-state index in [1.165, 1.54) is 29.2 Å². The van der Waals surface area contributed by atoms with Gasteiger partial charge in [0.25, 0.3) is 5.91 Å². The van der Waals surface area contributed by atoms with Crippen molar-refractivity contribution in [2.45, 2.75) is 24.8 Å². The highest BCUT2D eigenvalue weighted by atomic mass is 16.3. The molecule has 3 saturated heterocycles. The number of fused-ring (bicyclic) bond motifs is 4. The lowest BCUT2D eigenvalue weighted by Gasteiger charge is -2.49. The van der Waals surface area contributed by atoms with Gasteiger partial charge in [0.2, 0.25) is 0 Å². The number of hydrogen-bond acceptors (Lipinski definition) is 4. The van der Waals surface area contributed by atoms with E-state index in [0.717, 1.165) is 30.8 Å². The normalized spacial score (nSPS) is 24.3. The van der Waals surface area contributed by atoms with Gasteiger partial charge in [-0.25, -0.2) is 0 Å². The van der Waals surface area contributed by atoms with Crippen LogP contribution in [0.5, 0.6) is 0 Å². The molecule has 33 heavy (non-hydrogen) atoms. The summed E-state index contributed by atoms with van der Waals surface area (Å²) in [6, 6.07) is 21.1. The van der Waals surface area contributed by atoms with Crippen molar-refractivity contribution in [3.8, 4) is 11.3 Å². The maximum absolute atomic E-state index is 12.3. The summed E-state index contributed by atoms with van der Waals surface area (Å²) in [5.41, 5.74) is 3.51. The predicted octanol–water partition coefficient (Wildman–Crippen LogP) is 4.44. The number of carbonyl (C=O) groups excluding carboxylic acids is 1. The second kappa shape index (κ2) is 8.19. The summed E-state index contributed by atoms with van der Waals surface area (Å²) >= 11 is 0. The third kappa shape index (κ3) is 3.74. The Labute approximate surface area is 193 Å². The Morgan fingerprint density at radius 1 is 1.12 bits per heavy atom. The summed E-state index contributed by atoms with van der Waals surface area (Å²) in [7, 11) is 2.07. The maximum atomic E-state index is 12.3. The standard InChI is InChI=1S/C27H28N4O2/c1-30-25(15-24(29-30)21-9-8-18-5-2-3-6-19(18)13-21)23-17-31-11-10-20(23)14-22(31)16-28-27(32)26-7-4-12-33-26/h2-9,12-13,15,20,22-23H,10-11,14,16-17H2,1H3,(H,28,32)/t20-,22+,23-/m0/s1. The van der Waals surface area contributed by atoms with Gasteiger partial charge in [0.1, 0.15) is 0 Å². The number of piperidine rings is 3. The van der Waals surface area contributed by atoms with Crippen molar-refractivity contribution in [2.24, 2.45) is 13.0 Å². The second-order valence-electron chi connectivity index (χ2n) is 9.37. The SMILES string of the molecule is Cn1nc(-c2ccc3ccccc3c2)cc1[C@H]1CN2CC[C@H]1C[C@@H]2CNC(=O)c1ccco1. The van der Waals surface area contributed by atoms with Crippen LogP contribution >= 0.6 is 0 Å². The van der Waals surface area contributed by atoms with Gasteiger partial charge in [-0.1, -0.05) is 36.4 Å². The topological polar surface area (TPSA) is 63.3 Å². The fourth-order valence-electron chi connectivity index (χ4n) is 5.71. The quantitative estimate of drug-likeness (QED) is 0.498. The van der Waals surface area contributed by atoms with Gasteiger partial charge < -0.3 is 9.73 Å². The van der Waals surface area contributed by atoms with E-state index in [4.69, 9.17) is 9.52 Å². The number of carbonyl (C=O) groups is 1. The Morgan fingerprint density at radius 3 is 2.79 bits per heavy atom. The minimum atomic E-state index is -0.133. The number of rotatable bonds is 5. The number of furan rings is 1. The first-order valence-corrected chi connectivity index (χ1v) is 11.7. The molecule has 3 fully saturated rings. The smallest absolute Gasteiger partial charge is 0.287 e. The lowest BCUT2D eigenvalue weighted by molar-refractivity contribution is 0.0278. The molecular formula is C27H28N4O2. The summed E-state index contributed by atoms with van der Waals surface area (Å²) in [4.78, 5) is 14.8. The van der Waals surface area contributed by atoms with Gasteiger partial charge in [-0.3, -0.25) is 14.4 Å². The molecule has 3 aliphatic heterocycles. The zero-order valence-corrected chi connectivity index (χ0v) is 18.8. The summed E-state index contributed by atoms with van der Waals surface area (Å²) in [6.45, 7) is 2.77. The Hall–Kier alpha value is -3.38. The number of aromatic nitrogens is 2. The van der Waals surface area contributed by atoms with Crippen molar-refractivity contribution in [1.29, 1.82) is 0 Å². The molecular weight excluding hydrogens is 412 g/mol. The zero-order chi connectivity index (χ0) is 22.4. The molecule has 0 saturated carbocycles. The van der Waals surface area contributed by atoms with E-state index >= 15 is 0 Å². The number of amides is 1. The number of hydrogen-bond donors (Lipinski definition) is 1. The molecule has 1 N–H and O–H groups in total. The average Bonchev–Trinajstić information content (AvgIpc) is 3.53. The fourth-order valence-corrected chi connectivity index (χ4v) is 5.71. The van der Waals surface area contributed by atoms with Crippen molar-refractivity contribution in [2.75, 3.05) is 19.6 Å². The van der Waals surface area contributed by atoms with Gasteiger partial charge in [-0.15, -0.1) is 0 Å². The van der Waals surface area contributed by atoms with Crippen LogP contribution in [0.25, 0.3) is 22.0 Å². The molecule has 0 spiro atoms. The van der Waals surface area contributed by atoms with Crippen LogP contribution in [0.3, 0.4) is 0 Å². The first-order valence-electron chi connectivity index (χ1n) is 11.7. The average molecular weight is 441 g/mol. The summed E-state index contributed by atoms with van der Waals surface area (Å²) in [6.07, 6.45) is 3.83. The van der Waals surface area contributed by atoms with Crippen LogP contribution in [0.4, 0.5) is 0 Å². The minimum Gasteiger partial charge on any atom is -0.459 e. The van der Waals surface area contributed by atoms with Gasteiger partial charge in [0, 0.05) is 43.4 Å². The van der Waals surface area contributed by atoms with Crippen molar-refractivity contribution in [3.05, 3.63) is 78.4 Å². The molecule has 7 rings (SSSR count). The Bertz CT molecular complexity index is 1290. The van der Waals surface area contributed by atoms with E-state index in [0.29, 0.717) is 30.2 Å². The van der Waals surface area contributed by atoms with Gasteiger partial charge in [0.15, 0.2) is 5.76 Å². The molecule has 2 aromatic carbocycles. The molecule has 1 amide bonds. The minimum absolute atomic E-state index is 0.133. The van der Waals surface area contributed by atoms with Crippen LogP contribution in [0.1, 0.15) is 35.0 Å². The highest BCUT2D eigenvalue weighted by Gasteiger charge is 2.41. The maximum Gasteiger partial charge on any atom is 0.287 e. The van der Waals surface area contributed by atoms with E-state index in [9.17, 15) is 4.79 Å². The van der Waals surface area contributed by atoms with Crippen molar-refractivity contribution < 1.29 is 9.21 Å². The molecule has 2 bridgehead atoms. The van der Waals surface area contributed by atoms with E-state index in [-0.39, 0.29) is 5.91 Å². The van der Waals surface area contributed by atoms with Crippen molar-refractivity contribution >= 4 is 16.7 Å². The van der Waals surface area contributed by atoms with E-state index in [1.807, 2.05) is 0 Å². The zero-order valence-electron chi connectivity index (χ0n) is 18.8.